The molecule has 2 N–H and O–H groups in total. The number of pyridine rings is 1. The van der Waals surface area contributed by atoms with Gasteiger partial charge in [-0.2, -0.15) is 0 Å². The summed E-state index contributed by atoms with van der Waals surface area (Å²) in [4.78, 5) is 40.8. The van der Waals surface area contributed by atoms with Gasteiger partial charge >= 0.3 is 0 Å². The van der Waals surface area contributed by atoms with Crippen LogP contribution in [0.2, 0.25) is 0 Å². The van der Waals surface area contributed by atoms with E-state index in [4.69, 9.17) is 4.74 Å². The Bertz CT molecular complexity index is 1150. The van der Waals surface area contributed by atoms with Crippen molar-refractivity contribution in [2.45, 2.75) is 38.4 Å². The Morgan fingerprint density at radius 2 is 2.00 bits per heavy atom. The molecule has 33 heavy (non-hydrogen) atoms. The van der Waals surface area contributed by atoms with Crippen molar-refractivity contribution in [2.75, 3.05) is 20.3 Å². The molecular weight excluding hydrogens is 422 g/mol. The molecule has 2 aliphatic heterocycles. The molecule has 2 fully saturated rings. The molecule has 4 atom stereocenters. The molecule has 174 valence electrons. The minimum Gasteiger partial charge on any atom is -0.497 e. The predicted molar refractivity (Wildman–Crippen MR) is 122 cm³/mol. The van der Waals surface area contributed by atoms with Gasteiger partial charge in [0, 0.05) is 49.7 Å². The standard InChI is InChI=1S/C25H29N3O5/c1-14(30)28-22-19(20(13-29)23(28)24(31)26-11-15-6-7-15)12-27-21(22)9-8-18(25(27)32)16-4-3-5-17(10-16)33-2/h3-5,8-10,15,19-20,22-23,29H,6-7,11-13H2,1-2H3,(H,26,31)/t19-,20-,22+,23-/m1/s1. The van der Waals surface area contributed by atoms with Gasteiger partial charge in [-0.05, 0) is 48.6 Å². The highest BCUT2D eigenvalue weighted by molar-refractivity contribution is 5.88. The average Bonchev–Trinajstić information content (AvgIpc) is 3.48. The summed E-state index contributed by atoms with van der Waals surface area (Å²) in [5, 5.41) is 13.2. The van der Waals surface area contributed by atoms with Crippen LogP contribution in [0.3, 0.4) is 0 Å². The number of fused-ring (bicyclic) bond motifs is 3. The molecule has 1 aliphatic carbocycles. The van der Waals surface area contributed by atoms with E-state index >= 15 is 0 Å². The first kappa shape index (κ1) is 21.7. The van der Waals surface area contributed by atoms with E-state index < -0.39 is 18.0 Å². The quantitative estimate of drug-likeness (QED) is 0.694. The number of nitrogens with zero attached hydrogens (tertiary/aromatic N) is 2. The largest absolute Gasteiger partial charge is 0.497 e. The second-order valence-corrected chi connectivity index (χ2v) is 9.33. The summed E-state index contributed by atoms with van der Waals surface area (Å²) in [7, 11) is 1.58. The summed E-state index contributed by atoms with van der Waals surface area (Å²) in [6, 6.07) is 9.84. The Balaban J connectivity index is 1.51. The lowest BCUT2D eigenvalue weighted by molar-refractivity contribution is -0.140. The van der Waals surface area contributed by atoms with Crippen molar-refractivity contribution in [3.05, 3.63) is 52.4 Å². The maximum atomic E-state index is 13.4. The van der Waals surface area contributed by atoms with Gasteiger partial charge in [-0.3, -0.25) is 14.4 Å². The fraction of sp³-hybridized carbons (Fsp3) is 0.480. The molecule has 0 bridgehead atoms. The van der Waals surface area contributed by atoms with Crippen LogP contribution in [0.5, 0.6) is 5.75 Å². The molecule has 0 unspecified atom stereocenters. The number of hydrogen-bond acceptors (Lipinski definition) is 5. The summed E-state index contributed by atoms with van der Waals surface area (Å²) in [6.45, 7) is 2.19. The van der Waals surface area contributed by atoms with E-state index in [1.807, 2.05) is 30.3 Å². The predicted octanol–water partition coefficient (Wildman–Crippen LogP) is 1.56. The van der Waals surface area contributed by atoms with Crippen LogP contribution in [0.25, 0.3) is 11.1 Å². The first-order valence-electron chi connectivity index (χ1n) is 11.5. The lowest BCUT2D eigenvalue weighted by atomic mass is 9.88. The van der Waals surface area contributed by atoms with Gasteiger partial charge in [0.05, 0.1) is 13.2 Å². The van der Waals surface area contributed by atoms with E-state index in [2.05, 4.69) is 5.32 Å². The number of aromatic nitrogens is 1. The van der Waals surface area contributed by atoms with Gasteiger partial charge in [-0.25, -0.2) is 0 Å². The molecule has 0 radical (unpaired) electrons. The normalized spacial score (nSPS) is 25.5. The van der Waals surface area contributed by atoms with Crippen molar-refractivity contribution in [1.82, 2.24) is 14.8 Å². The first-order valence-corrected chi connectivity index (χ1v) is 11.5. The van der Waals surface area contributed by atoms with E-state index in [9.17, 15) is 19.5 Å². The number of nitrogens with one attached hydrogen (secondary N) is 1. The minimum atomic E-state index is -0.733. The van der Waals surface area contributed by atoms with Crippen LogP contribution in [0.4, 0.5) is 0 Å². The molecule has 2 aromatic rings. The zero-order valence-corrected chi connectivity index (χ0v) is 18.9. The van der Waals surface area contributed by atoms with Crippen molar-refractivity contribution < 1.29 is 19.4 Å². The number of rotatable bonds is 6. The van der Waals surface area contributed by atoms with Crippen LogP contribution in [-0.2, 0) is 16.1 Å². The van der Waals surface area contributed by atoms with E-state index in [0.29, 0.717) is 36.0 Å². The summed E-state index contributed by atoms with van der Waals surface area (Å²) in [5.74, 6) is 0.0965. The number of aliphatic hydroxyl groups is 1. The number of benzene rings is 1. The first-order chi connectivity index (χ1) is 15.9. The Morgan fingerprint density at radius 1 is 1.21 bits per heavy atom. The molecule has 1 aromatic heterocycles. The highest BCUT2D eigenvalue weighted by Crippen LogP contribution is 2.49. The van der Waals surface area contributed by atoms with Crippen LogP contribution >= 0.6 is 0 Å². The summed E-state index contributed by atoms with van der Waals surface area (Å²) < 4.78 is 6.99. The lowest BCUT2D eigenvalue weighted by Gasteiger charge is -2.30. The van der Waals surface area contributed by atoms with Crippen molar-refractivity contribution in [1.29, 1.82) is 0 Å². The molecule has 2 amide bonds. The molecule has 1 saturated carbocycles. The zero-order valence-electron chi connectivity index (χ0n) is 18.9. The van der Waals surface area contributed by atoms with Crippen LogP contribution in [0.15, 0.2) is 41.2 Å². The van der Waals surface area contributed by atoms with Crippen molar-refractivity contribution in [2.24, 2.45) is 17.8 Å². The maximum absolute atomic E-state index is 13.4. The third-order valence-corrected chi connectivity index (χ3v) is 7.35. The second kappa shape index (κ2) is 8.33. The Morgan fingerprint density at radius 3 is 2.67 bits per heavy atom. The molecule has 3 aliphatic rings. The molecule has 1 saturated heterocycles. The summed E-state index contributed by atoms with van der Waals surface area (Å²) in [5.41, 5.74) is 1.87. The van der Waals surface area contributed by atoms with Crippen molar-refractivity contribution in [3.63, 3.8) is 0 Å². The number of hydrogen-bond donors (Lipinski definition) is 2. The van der Waals surface area contributed by atoms with Crippen LogP contribution in [-0.4, -0.2) is 52.7 Å². The number of likely N-dealkylation sites (tertiary alicyclic amines) is 1. The van der Waals surface area contributed by atoms with Crippen LogP contribution in [0.1, 0.15) is 31.5 Å². The monoisotopic (exact) mass is 451 g/mol. The number of ether oxygens (including phenoxy) is 1. The van der Waals surface area contributed by atoms with E-state index in [0.717, 1.165) is 18.4 Å². The number of methoxy groups -OCH3 is 1. The highest BCUT2D eigenvalue weighted by atomic mass is 16.5. The Kier molecular flexibility index (Phi) is 5.48. The number of amides is 2. The number of carbonyl (C=O) groups is 2. The van der Waals surface area contributed by atoms with Crippen molar-refractivity contribution >= 4 is 11.8 Å². The van der Waals surface area contributed by atoms with Gasteiger partial charge in [-0.15, -0.1) is 0 Å². The lowest BCUT2D eigenvalue weighted by Crippen LogP contribution is -2.50. The molecular formula is C25H29N3O5. The smallest absolute Gasteiger partial charge is 0.258 e. The Labute approximate surface area is 192 Å². The maximum Gasteiger partial charge on any atom is 0.258 e. The van der Waals surface area contributed by atoms with Crippen LogP contribution < -0.4 is 15.6 Å². The third kappa shape index (κ3) is 3.62. The van der Waals surface area contributed by atoms with Crippen LogP contribution in [0, 0.1) is 17.8 Å². The topological polar surface area (TPSA) is 101 Å². The molecule has 8 nitrogen and oxygen atoms in total. The Hall–Kier alpha value is -3.13. The van der Waals surface area contributed by atoms with E-state index in [-0.39, 0.29) is 29.9 Å². The van der Waals surface area contributed by atoms with E-state index in [1.165, 1.54) is 6.92 Å². The molecule has 0 spiro atoms. The van der Waals surface area contributed by atoms with Gasteiger partial charge in [0.2, 0.25) is 11.8 Å². The fourth-order valence-corrected chi connectivity index (χ4v) is 5.53. The second-order valence-electron chi connectivity index (χ2n) is 9.33. The van der Waals surface area contributed by atoms with E-state index in [1.54, 1.807) is 22.6 Å². The number of aliphatic hydroxyl groups excluding tert-OH is 1. The molecule has 1 aromatic carbocycles. The van der Waals surface area contributed by atoms with Gasteiger partial charge in [0.1, 0.15) is 11.8 Å². The zero-order chi connectivity index (χ0) is 23.3. The van der Waals surface area contributed by atoms with Gasteiger partial charge in [0.25, 0.3) is 5.56 Å². The summed E-state index contributed by atoms with van der Waals surface area (Å²) >= 11 is 0. The van der Waals surface area contributed by atoms with Crippen molar-refractivity contribution in [3.8, 4) is 16.9 Å². The average molecular weight is 452 g/mol. The SMILES string of the molecule is COc1cccc(-c2ccc3n(c2=O)C[C@@H]2[C@@H](CO)[C@H](C(=O)NCC4CC4)N(C(C)=O)[C@H]32)c1. The molecule has 3 heterocycles. The summed E-state index contributed by atoms with van der Waals surface area (Å²) in [6.07, 6.45) is 2.23. The fourth-order valence-electron chi connectivity index (χ4n) is 5.53. The van der Waals surface area contributed by atoms with Gasteiger partial charge in [0.15, 0.2) is 0 Å². The van der Waals surface area contributed by atoms with Gasteiger partial charge < -0.3 is 24.6 Å². The minimum absolute atomic E-state index is 0.148. The third-order valence-electron chi connectivity index (χ3n) is 7.35. The van der Waals surface area contributed by atoms with Gasteiger partial charge in [-0.1, -0.05) is 12.1 Å². The number of carbonyl (C=O) groups excluding carboxylic acids is 2. The molecule has 8 heteroatoms. The molecule has 5 rings (SSSR count). The highest BCUT2D eigenvalue weighted by Gasteiger charge is 2.56.